The van der Waals surface area contributed by atoms with Gasteiger partial charge in [0.15, 0.2) is 29.6 Å². The molecule has 0 unspecified atom stereocenters. The molecular formula is C21H21NO7. The van der Waals surface area contributed by atoms with E-state index >= 15 is 0 Å². The number of esters is 1. The smallest absolute Gasteiger partial charge is 0.338 e. The maximum atomic E-state index is 12.1. The van der Waals surface area contributed by atoms with Gasteiger partial charge in [-0.1, -0.05) is 6.07 Å². The minimum atomic E-state index is -0.594. The lowest BCUT2D eigenvalue weighted by Gasteiger charge is -2.19. The zero-order valence-electron chi connectivity index (χ0n) is 15.8. The first kappa shape index (κ1) is 18.9. The van der Waals surface area contributed by atoms with Crippen molar-refractivity contribution in [3.05, 3.63) is 47.5 Å². The van der Waals surface area contributed by atoms with E-state index in [9.17, 15) is 9.59 Å². The molecular weight excluding hydrogens is 378 g/mol. The average molecular weight is 399 g/mol. The van der Waals surface area contributed by atoms with E-state index in [-0.39, 0.29) is 12.5 Å². The number of carbonyl (C=O) groups is 2. The Bertz CT molecular complexity index is 912. The van der Waals surface area contributed by atoms with Crippen LogP contribution in [0.15, 0.2) is 36.4 Å². The van der Waals surface area contributed by atoms with Gasteiger partial charge in [-0.3, -0.25) is 4.79 Å². The van der Waals surface area contributed by atoms with E-state index in [0.717, 1.165) is 11.3 Å². The molecule has 1 N–H and O–H groups in total. The predicted molar refractivity (Wildman–Crippen MR) is 102 cm³/mol. The van der Waals surface area contributed by atoms with Gasteiger partial charge in [-0.2, -0.15) is 0 Å². The fraction of sp³-hybridized carbons (Fsp3) is 0.333. The first-order valence-electron chi connectivity index (χ1n) is 9.41. The molecule has 8 heteroatoms. The van der Waals surface area contributed by atoms with Crippen molar-refractivity contribution in [3.63, 3.8) is 0 Å². The van der Waals surface area contributed by atoms with Crippen molar-refractivity contribution in [3.8, 4) is 23.0 Å². The Morgan fingerprint density at radius 2 is 1.45 bits per heavy atom. The van der Waals surface area contributed by atoms with E-state index in [1.165, 1.54) is 0 Å². The second kappa shape index (κ2) is 8.72. The van der Waals surface area contributed by atoms with Crippen molar-refractivity contribution in [2.24, 2.45) is 0 Å². The highest BCUT2D eigenvalue weighted by atomic mass is 16.6. The minimum Gasteiger partial charge on any atom is -0.486 e. The molecule has 0 aromatic heterocycles. The third kappa shape index (κ3) is 4.71. The number of fused-ring (bicyclic) bond motifs is 2. The van der Waals surface area contributed by atoms with Gasteiger partial charge in [-0.15, -0.1) is 0 Å². The minimum absolute atomic E-state index is 0.304. The maximum absolute atomic E-state index is 12.1. The Morgan fingerprint density at radius 3 is 2.17 bits per heavy atom. The quantitative estimate of drug-likeness (QED) is 0.740. The zero-order valence-corrected chi connectivity index (χ0v) is 15.8. The average Bonchev–Trinajstić information content (AvgIpc) is 2.77. The lowest BCUT2D eigenvalue weighted by Crippen LogP contribution is -2.30. The molecule has 4 rings (SSSR count). The van der Waals surface area contributed by atoms with Crippen LogP contribution in [-0.2, 0) is 16.0 Å². The summed E-state index contributed by atoms with van der Waals surface area (Å²) in [6.07, 6.45) is 0.623. The summed E-state index contributed by atoms with van der Waals surface area (Å²) >= 11 is 0. The largest absolute Gasteiger partial charge is 0.486 e. The van der Waals surface area contributed by atoms with E-state index in [2.05, 4.69) is 5.32 Å². The van der Waals surface area contributed by atoms with Crippen LogP contribution in [0.4, 0.5) is 0 Å². The number of carbonyl (C=O) groups excluding carboxylic acids is 2. The molecule has 152 valence electrons. The van der Waals surface area contributed by atoms with E-state index in [1.54, 1.807) is 18.2 Å². The van der Waals surface area contributed by atoms with Gasteiger partial charge < -0.3 is 29.0 Å². The van der Waals surface area contributed by atoms with Gasteiger partial charge in [0.2, 0.25) is 0 Å². The lowest BCUT2D eigenvalue weighted by molar-refractivity contribution is -0.124. The molecule has 2 aromatic carbocycles. The maximum Gasteiger partial charge on any atom is 0.338 e. The highest BCUT2D eigenvalue weighted by Crippen LogP contribution is 2.31. The van der Waals surface area contributed by atoms with Gasteiger partial charge in [-0.05, 0) is 42.3 Å². The molecule has 2 aromatic rings. The third-order valence-corrected chi connectivity index (χ3v) is 4.45. The van der Waals surface area contributed by atoms with Crippen LogP contribution in [0.3, 0.4) is 0 Å². The number of benzene rings is 2. The number of hydrogen-bond acceptors (Lipinski definition) is 7. The van der Waals surface area contributed by atoms with Gasteiger partial charge >= 0.3 is 5.97 Å². The highest BCUT2D eigenvalue weighted by Gasteiger charge is 2.17. The lowest BCUT2D eigenvalue weighted by atomic mass is 10.1. The fourth-order valence-corrected chi connectivity index (χ4v) is 3.03. The van der Waals surface area contributed by atoms with Crippen LogP contribution in [0.25, 0.3) is 0 Å². The van der Waals surface area contributed by atoms with Gasteiger partial charge in [0.05, 0.1) is 5.56 Å². The molecule has 0 atom stereocenters. The summed E-state index contributed by atoms with van der Waals surface area (Å²) in [5, 5.41) is 2.74. The van der Waals surface area contributed by atoms with E-state index < -0.39 is 5.97 Å². The topological polar surface area (TPSA) is 92.3 Å². The Balaban J connectivity index is 1.21. The van der Waals surface area contributed by atoms with Crippen molar-refractivity contribution in [2.45, 2.75) is 6.42 Å². The van der Waals surface area contributed by atoms with E-state index in [4.69, 9.17) is 23.7 Å². The number of hydrogen-bond donors (Lipinski definition) is 1. The second-order valence-corrected chi connectivity index (χ2v) is 6.51. The normalized spacial score (nSPS) is 14.1. The Kier molecular flexibility index (Phi) is 5.69. The predicted octanol–water partition coefficient (Wildman–Crippen LogP) is 1.74. The van der Waals surface area contributed by atoms with Crippen LogP contribution in [0.5, 0.6) is 23.0 Å². The molecule has 0 saturated carbocycles. The molecule has 29 heavy (non-hydrogen) atoms. The van der Waals surface area contributed by atoms with Crippen LogP contribution >= 0.6 is 0 Å². The van der Waals surface area contributed by atoms with Crippen LogP contribution in [0.1, 0.15) is 15.9 Å². The van der Waals surface area contributed by atoms with Gasteiger partial charge in [0.1, 0.15) is 26.4 Å². The first-order chi connectivity index (χ1) is 14.2. The van der Waals surface area contributed by atoms with E-state index in [1.807, 2.05) is 18.2 Å². The van der Waals surface area contributed by atoms with Crippen LogP contribution in [-0.4, -0.2) is 51.5 Å². The molecule has 0 saturated heterocycles. The highest BCUT2D eigenvalue weighted by molar-refractivity contribution is 5.92. The molecule has 1 amide bonds. The summed E-state index contributed by atoms with van der Waals surface area (Å²) in [6, 6.07) is 10.5. The molecule has 2 heterocycles. The summed E-state index contributed by atoms with van der Waals surface area (Å²) in [4.78, 5) is 24.1. The Hall–Kier alpha value is -3.42. The number of rotatable bonds is 6. The molecule has 0 fully saturated rings. The van der Waals surface area contributed by atoms with Crippen LogP contribution in [0, 0.1) is 0 Å². The number of amides is 1. The van der Waals surface area contributed by atoms with Gasteiger partial charge in [0.25, 0.3) is 5.91 Å². The first-order valence-corrected chi connectivity index (χ1v) is 9.41. The molecule has 0 bridgehead atoms. The number of ether oxygens (including phenoxy) is 5. The molecule has 0 radical (unpaired) electrons. The Labute approximate surface area is 167 Å². The van der Waals surface area contributed by atoms with Crippen molar-refractivity contribution in [1.82, 2.24) is 5.32 Å². The molecule has 2 aliphatic rings. The van der Waals surface area contributed by atoms with Gasteiger partial charge in [-0.25, -0.2) is 4.79 Å². The monoisotopic (exact) mass is 399 g/mol. The fourth-order valence-electron chi connectivity index (χ4n) is 3.03. The molecule has 0 aliphatic carbocycles. The van der Waals surface area contributed by atoms with Crippen LogP contribution < -0.4 is 24.3 Å². The van der Waals surface area contributed by atoms with Crippen molar-refractivity contribution in [2.75, 3.05) is 39.6 Å². The van der Waals surface area contributed by atoms with Crippen LogP contribution in [0.2, 0.25) is 0 Å². The van der Waals surface area contributed by atoms with Crippen molar-refractivity contribution in [1.29, 1.82) is 0 Å². The second-order valence-electron chi connectivity index (χ2n) is 6.51. The summed E-state index contributed by atoms with van der Waals surface area (Å²) in [5.74, 6) is 1.57. The SMILES string of the molecule is O=C(COC(=O)c1ccc2c(c1)OCCO2)NCCc1ccc2c(c1)OCCO2. The molecule has 8 nitrogen and oxygen atoms in total. The van der Waals surface area contributed by atoms with E-state index in [0.29, 0.717) is 62.2 Å². The Morgan fingerprint density at radius 1 is 0.828 bits per heavy atom. The number of nitrogens with one attached hydrogen (secondary N) is 1. The summed E-state index contributed by atoms with van der Waals surface area (Å²) in [6.45, 7) is 2.05. The standard InChI is InChI=1S/C21H21NO7/c23-20(22-6-5-14-1-3-16-18(11-14)27-9-7-25-16)13-29-21(24)15-2-4-17-19(12-15)28-10-8-26-17/h1-4,11-12H,5-10,13H2,(H,22,23). The van der Waals surface area contributed by atoms with Crippen molar-refractivity contribution < 1.29 is 33.3 Å². The van der Waals surface area contributed by atoms with Crippen molar-refractivity contribution >= 4 is 11.9 Å². The zero-order chi connectivity index (χ0) is 20.1. The summed E-state index contributed by atoms with van der Waals surface area (Å²) < 4.78 is 27.0. The summed E-state index contributed by atoms with van der Waals surface area (Å²) in [5.41, 5.74) is 1.32. The molecule has 0 spiro atoms. The summed E-state index contributed by atoms with van der Waals surface area (Å²) in [7, 11) is 0. The van der Waals surface area contributed by atoms with Gasteiger partial charge in [0, 0.05) is 6.54 Å². The third-order valence-electron chi connectivity index (χ3n) is 4.45. The molecule has 2 aliphatic heterocycles.